The van der Waals surface area contributed by atoms with Crippen molar-refractivity contribution in [1.29, 1.82) is 0 Å². The standard InChI is InChI=1S/C18H24FN3O2S/c1-4-10-22(11-5-2)15-6-9-18(20-13-15)21-25(23,24)16-7-8-17(19)14(3)12-16/h6-9,12-13H,4-5,10-11H2,1-3H3,(H,20,21). The maximum Gasteiger partial charge on any atom is 0.263 e. The van der Waals surface area contributed by atoms with Crippen LogP contribution in [-0.2, 0) is 10.0 Å². The van der Waals surface area contributed by atoms with Crippen molar-refractivity contribution in [2.75, 3.05) is 22.7 Å². The van der Waals surface area contributed by atoms with Crippen molar-refractivity contribution in [2.24, 2.45) is 0 Å². The molecule has 0 saturated heterocycles. The second-order valence-corrected chi connectivity index (χ2v) is 7.59. The Balaban J connectivity index is 2.18. The second kappa shape index (κ2) is 8.29. The van der Waals surface area contributed by atoms with E-state index >= 15 is 0 Å². The van der Waals surface area contributed by atoms with Gasteiger partial charge in [0, 0.05) is 13.1 Å². The lowest BCUT2D eigenvalue weighted by Crippen LogP contribution is -2.25. The van der Waals surface area contributed by atoms with E-state index in [0.29, 0.717) is 0 Å². The molecule has 2 aromatic rings. The number of nitrogens with zero attached hydrogens (tertiary/aromatic N) is 2. The van der Waals surface area contributed by atoms with Gasteiger partial charge in [-0.15, -0.1) is 0 Å². The monoisotopic (exact) mass is 365 g/mol. The Morgan fingerprint density at radius 2 is 1.80 bits per heavy atom. The minimum absolute atomic E-state index is 0.0101. The van der Waals surface area contributed by atoms with E-state index in [1.807, 2.05) is 6.07 Å². The van der Waals surface area contributed by atoms with E-state index < -0.39 is 15.8 Å². The molecule has 0 bridgehead atoms. The molecule has 0 amide bonds. The molecule has 0 aliphatic heterocycles. The molecule has 0 unspecified atom stereocenters. The van der Waals surface area contributed by atoms with Crippen LogP contribution in [0.25, 0.3) is 0 Å². The number of sulfonamides is 1. The van der Waals surface area contributed by atoms with E-state index in [0.717, 1.165) is 37.7 Å². The zero-order chi connectivity index (χ0) is 18.4. The highest BCUT2D eigenvalue weighted by Gasteiger charge is 2.16. The van der Waals surface area contributed by atoms with Crippen molar-refractivity contribution in [3.8, 4) is 0 Å². The molecular formula is C18H24FN3O2S. The summed E-state index contributed by atoms with van der Waals surface area (Å²) in [4.78, 5) is 6.44. The van der Waals surface area contributed by atoms with Gasteiger partial charge in [0.05, 0.1) is 16.8 Å². The molecule has 0 radical (unpaired) electrons. The average Bonchev–Trinajstić information content (AvgIpc) is 2.57. The Morgan fingerprint density at radius 3 is 2.32 bits per heavy atom. The van der Waals surface area contributed by atoms with Crippen LogP contribution in [-0.4, -0.2) is 26.5 Å². The van der Waals surface area contributed by atoms with Crippen LogP contribution < -0.4 is 9.62 Å². The number of hydrogen-bond donors (Lipinski definition) is 1. The molecule has 2 rings (SSSR count). The van der Waals surface area contributed by atoms with E-state index in [4.69, 9.17) is 0 Å². The SMILES string of the molecule is CCCN(CCC)c1ccc(NS(=O)(=O)c2ccc(F)c(C)c2)nc1. The zero-order valence-electron chi connectivity index (χ0n) is 14.8. The molecule has 1 aromatic heterocycles. The fraction of sp³-hybridized carbons (Fsp3) is 0.389. The number of rotatable bonds is 8. The lowest BCUT2D eigenvalue weighted by Gasteiger charge is -2.23. The van der Waals surface area contributed by atoms with Gasteiger partial charge in [0.2, 0.25) is 0 Å². The molecule has 7 heteroatoms. The van der Waals surface area contributed by atoms with Crippen molar-refractivity contribution in [1.82, 2.24) is 4.98 Å². The Kier molecular flexibility index (Phi) is 6.36. The number of aryl methyl sites for hydroxylation is 1. The van der Waals surface area contributed by atoms with Gasteiger partial charge in [-0.2, -0.15) is 0 Å². The van der Waals surface area contributed by atoms with Crippen LogP contribution in [0.1, 0.15) is 32.3 Å². The minimum Gasteiger partial charge on any atom is -0.370 e. The number of halogens is 1. The zero-order valence-corrected chi connectivity index (χ0v) is 15.6. The number of hydrogen-bond acceptors (Lipinski definition) is 4. The normalized spacial score (nSPS) is 11.4. The number of anilines is 2. The number of aromatic nitrogens is 1. The first-order valence-corrected chi connectivity index (χ1v) is 9.85. The quantitative estimate of drug-likeness (QED) is 0.769. The van der Waals surface area contributed by atoms with Crippen LogP contribution in [0.4, 0.5) is 15.9 Å². The van der Waals surface area contributed by atoms with Gasteiger partial charge in [-0.05, 0) is 55.7 Å². The van der Waals surface area contributed by atoms with E-state index in [1.165, 1.54) is 19.1 Å². The van der Waals surface area contributed by atoms with Gasteiger partial charge in [-0.3, -0.25) is 4.72 Å². The smallest absolute Gasteiger partial charge is 0.263 e. The molecule has 5 nitrogen and oxygen atoms in total. The summed E-state index contributed by atoms with van der Waals surface area (Å²) in [5, 5.41) is 0. The molecule has 136 valence electrons. The van der Waals surface area contributed by atoms with Crippen LogP contribution >= 0.6 is 0 Å². The average molecular weight is 365 g/mol. The third kappa shape index (κ3) is 4.92. The van der Waals surface area contributed by atoms with Gasteiger partial charge in [-0.1, -0.05) is 13.8 Å². The number of nitrogens with one attached hydrogen (secondary N) is 1. The topological polar surface area (TPSA) is 62.3 Å². The summed E-state index contributed by atoms with van der Waals surface area (Å²) < 4.78 is 40.6. The predicted octanol–water partition coefficient (Wildman–Crippen LogP) is 3.96. The minimum atomic E-state index is -3.80. The van der Waals surface area contributed by atoms with E-state index in [2.05, 4.69) is 28.5 Å². The fourth-order valence-corrected chi connectivity index (χ4v) is 3.62. The highest BCUT2D eigenvalue weighted by Crippen LogP contribution is 2.20. The Hall–Kier alpha value is -2.15. The molecule has 0 spiro atoms. The van der Waals surface area contributed by atoms with E-state index in [-0.39, 0.29) is 16.3 Å². The third-order valence-corrected chi connectivity index (χ3v) is 5.13. The summed E-state index contributed by atoms with van der Waals surface area (Å²) in [6.07, 6.45) is 3.72. The molecule has 25 heavy (non-hydrogen) atoms. The van der Waals surface area contributed by atoms with Gasteiger partial charge in [0.15, 0.2) is 0 Å². The summed E-state index contributed by atoms with van der Waals surface area (Å²) in [7, 11) is -3.80. The maximum atomic E-state index is 13.3. The van der Waals surface area contributed by atoms with Crippen molar-refractivity contribution in [3.63, 3.8) is 0 Å². The van der Waals surface area contributed by atoms with E-state index in [9.17, 15) is 12.8 Å². The number of pyridine rings is 1. The van der Waals surface area contributed by atoms with E-state index in [1.54, 1.807) is 12.3 Å². The summed E-state index contributed by atoms with van der Waals surface area (Å²) in [6.45, 7) is 7.61. The summed E-state index contributed by atoms with van der Waals surface area (Å²) >= 11 is 0. The predicted molar refractivity (Wildman–Crippen MR) is 99.0 cm³/mol. The fourth-order valence-electron chi connectivity index (χ4n) is 2.52. The lowest BCUT2D eigenvalue weighted by molar-refractivity contribution is 0.598. The Morgan fingerprint density at radius 1 is 1.12 bits per heavy atom. The van der Waals surface area contributed by atoms with Gasteiger partial charge in [0.25, 0.3) is 10.0 Å². The lowest BCUT2D eigenvalue weighted by atomic mass is 10.2. The van der Waals surface area contributed by atoms with Gasteiger partial charge < -0.3 is 4.90 Å². The molecule has 0 aliphatic carbocycles. The summed E-state index contributed by atoms with van der Waals surface area (Å²) in [6, 6.07) is 7.18. The van der Waals surface area contributed by atoms with Gasteiger partial charge in [-0.25, -0.2) is 17.8 Å². The Labute approximate surface area is 148 Å². The molecule has 0 fully saturated rings. The Bertz CT molecular complexity index is 802. The van der Waals surface area contributed by atoms with Crippen molar-refractivity contribution < 1.29 is 12.8 Å². The van der Waals surface area contributed by atoms with Crippen molar-refractivity contribution in [3.05, 3.63) is 47.9 Å². The second-order valence-electron chi connectivity index (χ2n) is 5.91. The first kappa shape index (κ1) is 19.2. The van der Waals surface area contributed by atoms with Crippen LogP contribution in [0.5, 0.6) is 0 Å². The molecule has 1 N–H and O–H groups in total. The van der Waals surface area contributed by atoms with Gasteiger partial charge in [0.1, 0.15) is 11.6 Å². The highest BCUT2D eigenvalue weighted by atomic mass is 32.2. The third-order valence-electron chi connectivity index (χ3n) is 3.78. The van der Waals surface area contributed by atoms with Crippen molar-refractivity contribution in [2.45, 2.75) is 38.5 Å². The molecule has 0 aliphatic rings. The highest BCUT2D eigenvalue weighted by molar-refractivity contribution is 7.92. The maximum absolute atomic E-state index is 13.3. The largest absolute Gasteiger partial charge is 0.370 e. The van der Waals surface area contributed by atoms with Crippen LogP contribution in [0, 0.1) is 12.7 Å². The van der Waals surface area contributed by atoms with Crippen molar-refractivity contribution >= 4 is 21.5 Å². The molecule has 0 atom stereocenters. The van der Waals surface area contributed by atoms with Gasteiger partial charge >= 0.3 is 0 Å². The molecule has 0 saturated carbocycles. The molecular weight excluding hydrogens is 341 g/mol. The summed E-state index contributed by atoms with van der Waals surface area (Å²) in [5.41, 5.74) is 1.24. The molecule has 1 aromatic carbocycles. The molecule has 1 heterocycles. The first-order valence-electron chi connectivity index (χ1n) is 8.37. The van der Waals surface area contributed by atoms with Crippen LogP contribution in [0.3, 0.4) is 0 Å². The first-order chi connectivity index (χ1) is 11.9. The van der Waals surface area contributed by atoms with Crippen LogP contribution in [0.2, 0.25) is 0 Å². The van der Waals surface area contributed by atoms with Crippen LogP contribution in [0.15, 0.2) is 41.4 Å². The summed E-state index contributed by atoms with van der Waals surface area (Å²) in [5.74, 6) is -0.202. The number of benzene rings is 1.